The number of likely N-dealkylation sites (N-methyl/N-ethyl adjacent to an activating group) is 1. The van der Waals surface area contributed by atoms with Crippen molar-refractivity contribution in [3.8, 4) is 0 Å². The Morgan fingerprint density at radius 1 is 1.02 bits per heavy atom. The molecule has 11 nitrogen and oxygen atoms in total. The number of piperazine rings is 1. The molecule has 4 aliphatic rings. The largest absolute Gasteiger partial charge is 0.453 e. The van der Waals surface area contributed by atoms with Gasteiger partial charge in [0.15, 0.2) is 5.70 Å². The minimum atomic E-state index is -5.71. The van der Waals surface area contributed by atoms with Gasteiger partial charge in [-0.05, 0) is 63.6 Å². The lowest BCUT2D eigenvalue weighted by atomic mass is 10.0. The van der Waals surface area contributed by atoms with Gasteiger partial charge < -0.3 is 15.1 Å². The van der Waals surface area contributed by atoms with Crippen molar-refractivity contribution < 1.29 is 40.8 Å². The summed E-state index contributed by atoms with van der Waals surface area (Å²) in [5.74, 6) is -5.65. The average molecular weight is 758 g/mol. The van der Waals surface area contributed by atoms with E-state index in [4.69, 9.17) is 4.99 Å². The van der Waals surface area contributed by atoms with Crippen LogP contribution in [0.5, 0.6) is 0 Å². The maximum Gasteiger partial charge on any atom is 0.453 e. The van der Waals surface area contributed by atoms with Crippen LogP contribution in [0, 0.1) is 6.92 Å². The number of rotatable bonds is 12. The van der Waals surface area contributed by atoms with Crippen LogP contribution in [0.15, 0.2) is 52.2 Å². The van der Waals surface area contributed by atoms with Gasteiger partial charge in [-0.25, -0.2) is 14.8 Å². The lowest BCUT2D eigenvalue weighted by Crippen LogP contribution is -2.72. The second kappa shape index (κ2) is 14.5. The number of carbonyl (C=O) groups is 3. The Balaban J connectivity index is 1.28. The Morgan fingerprint density at radius 3 is 2.33 bits per heavy atom. The molecule has 0 radical (unpaired) electrons. The quantitative estimate of drug-likeness (QED) is 0.185. The standard InChI is InChI=1S/C38H45F5N8O3/c1-7-9-27-23(5)44-21-45-31(27)34(53)49-16-14-48(15-17-49)32-29(8-2)50(20-30(52)46-28(22(3)4)12-13-37(39,40)38(41,42)43)36-47-33(51(36,6)35(32)54)25-11-10-24-18-26(24)19-25/h10-11,19,21,33H,7-9,12-18,20H2,1-6H3/p+1. The molecule has 2 unspecified atom stereocenters. The Morgan fingerprint density at radius 2 is 1.72 bits per heavy atom. The third kappa shape index (κ3) is 7.00. The molecule has 3 amide bonds. The van der Waals surface area contributed by atoms with Crippen LogP contribution < -0.4 is 5.32 Å². The third-order valence-corrected chi connectivity index (χ3v) is 10.8. The van der Waals surface area contributed by atoms with E-state index in [0.29, 0.717) is 67.6 Å². The van der Waals surface area contributed by atoms with Gasteiger partial charge in [-0.1, -0.05) is 38.0 Å². The molecule has 1 fully saturated rings. The normalized spacial score (nSPS) is 20.9. The van der Waals surface area contributed by atoms with E-state index < -0.39 is 37.0 Å². The summed E-state index contributed by atoms with van der Waals surface area (Å²) in [4.78, 5) is 61.0. The second-order valence-electron chi connectivity index (χ2n) is 14.7. The van der Waals surface area contributed by atoms with Crippen molar-refractivity contribution in [2.75, 3.05) is 39.8 Å². The summed E-state index contributed by atoms with van der Waals surface area (Å²) in [7, 11) is 1.76. The van der Waals surface area contributed by atoms with E-state index in [2.05, 4.69) is 15.3 Å². The number of hydrogen-bond acceptors (Lipinski definition) is 8. The van der Waals surface area contributed by atoms with E-state index in [1.165, 1.54) is 31.3 Å². The van der Waals surface area contributed by atoms with Crippen LogP contribution in [-0.4, -0.2) is 105 Å². The molecule has 1 saturated heterocycles. The SMILES string of the molecule is CCCc1c(C)ncnc1C(=O)N1CCN(C2=C(CC)N(CC(=O)NC(CCC(F)(F)C(F)(F)F)=C(C)C)C3=NC(c4ccc5c(c4)C5)[N+]3(C)C2=O)CC1. The minimum absolute atomic E-state index is 0.0299. The van der Waals surface area contributed by atoms with Crippen LogP contribution in [-0.2, 0) is 22.4 Å². The highest BCUT2D eigenvalue weighted by Gasteiger charge is 2.63. The molecule has 3 aliphatic heterocycles. The first kappa shape index (κ1) is 39.0. The number of aliphatic imine (C=N–C) groups is 1. The molecule has 0 bridgehead atoms. The topological polar surface area (TPSA) is 111 Å². The van der Waals surface area contributed by atoms with E-state index in [-0.39, 0.29) is 28.5 Å². The van der Waals surface area contributed by atoms with Crippen molar-refractivity contribution >= 4 is 23.7 Å². The number of fused-ring (bicyclic) bond motifs is 2. The van der Waals surface area contributed by atoms with Crippen molar-refractivity contribution in [2.45, 2.75) is 91.4 Å². The highest BCUT2D eigenvalue weighted by Crippen LogP contribution is 2.47. The van der Waals surface area contributed by atoms with Gasteiger partial charge in [0.05, 0.1) is 12.7 Å². The number of allylic oxidation sites excluding steroid dienone is 3. The summed E-state index contributed by atoms with van der Waals surface area (Å²) in [6, 6.07) is 6.01. The molecule has 0 saturated carbocycles. The summed E-state index contributed by atoms with van der Waals surface area (Å²) < 4.78 is 66.2. The van der Waals surface area contributed by atoms with Crippen LogP contribution >= 0.6 is 0 Å². The Bertz CT molecular complexity index is 1960. The van der Waals surface area contributed by atoms with E-state index in [1.54, 1.807) is 16.8 Å². The third-order valence-electron chi connectivity index (χ3n) is 10.8. The van der Waals surface area contributed by atoms with E-state index >= 15 is 0 Å². The van der Waals surface area contributed by atoms with Gasteiger partial charge in [0, 0.05) is 55.1 Å². The van der Waals surface area contributed by atoms with Crippen molar-refractivity contribution in [2.24, 2.45) is 4.99 Å². The summed E-state index contributed by atoms with van der Waals surface area (Å²) in [5.41, 5.74) is 6.50. The molecule has 1 N–H and O–H groups in total. The molecule has 1 aromatic heterocycles. The van der Waals surface area contributed by atoms with Crippen LogP contribution in [0.3, 0.4) is 0 Å². The van der Waals surface area contributed by atoms with Crippen LogP contribution in [0.1, 0.15) is 98.0 Å². The van der Waals surface area contributed by atoms with Crippen LogP contribution in [0.25, 0.3) is 0 Å². The number of alkyl halides is 5. The zero-order valence-corrected chi connectivity index (χ0v) is 31.4. The number of aryl methyl sites for hydroxylation is 1. The van der Waals surface area contributed by atoms with Gasteiger partial charge in [-0.15, -0.1) is 0 Å². The van der Waals surface area contributed by atoms with E-state index in [0.717, 1.165) is 29.7 Å². The molecule has 4 heterocycles. The van der Waals surface area contributed by atoms with Crippen LogP contribution in [0.2, 0.25) is 0 Å². The molecular formula is C38H46F5N8O3+. The number of guanidine groups is 1. The Labute approximate surface area is 311 Å². The van der Waals surface area contributed by atoms with E-state index in [9.17, 15) is 36.3 Å². The number of aromatic nitrogens is 2. The number of halogens is 5. The van der Waals surface area contributed by atoms with Gasteiger partial charge in [0.25, 0.3) is 5.91 Å². The number of benzene rings is 1. The Hall–Kier alpha value is -4.73. The molecule has 16 heteroatoms. The number of carbonyl (C=O) groups excluding carboxylic acids is 3. The van der Waals surface area contributed by atoms with Gasteiger partial charge in [-0.2, -0.15) is 31.4 Å². The lowest BCUT2D eigenvalue weighted by Gasteiger charge is -2.52. The molecule has 2 atom stereocenters. The molecule has 6 rings (SSSR count). The first-order chi connectivity index (χ1) is 25.4. The highest BCUT2D eigenvalue weighted by molar-refractivity contribution is 6.03. The number of nitrogens with one attached hydrogen (secondary N) is 1. The maximum atomic E-state index is 14.8. The zero-order chi connectivity index (χ0) is 39.3. The summed E-state index contributed by atoms with van der Waals surface area (Å²) >= 11 is 0. The first-order valence-electron chi connectivity index (χ1n) is 18.3. The lowest BCUT2D eigenvalue weighted by molar-refractivity contribution is -0.804. The molecule has 54 heavy (non-hydrogen) atoms. The summed E-state index contributed by atoms with van der Waals surface area (Å²) in [6.07, 6.45) is -4.44. The van der Waals surface area contributed by atoms with Crippen LogP contribution in [0.4, 0.5) is 22.0 Å². The van der Waals surface area contributed by atoms with Gasteiger partial charge in [0.1, 0.15) is 18.6 Å². The number of quaternary nitrogens is 1. The molecule has 1 aromatic carbocycles. The minimum Gasteiger partial charge on any atom is -0.359 e. The molecular weight excluding hydrogens is 711 g/mol. The fourth-order valence-corrected chi connectivity index (χ4v) is 7.53. The number of hydrogen-bond donors (Lipinski definition) is 1. The Kier molecular flexibility index (Phi) is 10.5. The van der Waals surface area contributed by atoms with Crippen molar-refractivity contribution in [3.63, 3.8) is 0 Å². The van der Waals surface area contributed by atoms with Gasteiger partial charge >= 0.3 is 24.0 Å². The molecule has 290 valence electrons. The molecule has 0 spiro atoms. The summed E-state index contributed by atoms with van der Waals surface area (Å²) in [6.45, 7) is 9.70. The summed E-state index contributed by atoms with van der Waals surface area (Å²) in [5, 5.41) is 2.58. The number of amides is 3. The molecule has 2 aromatic rings. The second-order valence-corrected chi connectivity index (χ2v) is 14.7. The predicted molar refractivity (Wildman–Crippen MR) is 190 cm³/mol. The zero-order valence-electron chi connectivity index (χ0n) is 31.4. The highest BCUT2D eigenvalue weighted by atomic mass is 19.4. The first-order valence-corrected chi connectivity index (χ1v) is 18.3. The fourth-order valence-electron chi connectivity index (χ4n) is 7.53. The predicted octanol–water partition coefficient (Wildman–Crippen LogP) is 5.77. The van der Waals surface area contributed by atoms with E-state index in [1.807, 2.05) is 43.9 Å². The maximum absolute atomic E-state index is 14.8. The van der Waals surface area contributed by atoms with Crippen molar-refractivity contribution in [1.82, 2.24) is 30.0 Å². The van der Waals surface area contributed by atoms with Gasteiger partial charge in [-0.3, -0.25) is 14.5 Å². The average Bonchev–Trinajstić information content (AvgIpc) is 3.90. The van der Waals surface area contributed by atoms with Gasteiger partial charge in [0.2, 0.25) is 12.1 Å². The smallest absolute Gasteiger partial charge is 0.359 e. The molecule has 1 aliphatic carbocycles. The van der Waals surface area contributed by atoms with Crippen molar-refractivity contribution in [3.05, 3.63) is 80.8 Å². The monoisotopic (exact) mass is 757 g/mol. The fraction of sp³-hybridized carbons (Fsp3) is 0.526. The van der Waals surface area contributed by atoms with Crippen molar-refractivity contribution in [1.29, 1.82) is 0 Å². The number of nitrogens with zero attached hydrogens (tertiary/aromatic N) is 7.